The smallest absolute Gasteiger partial charge is 0.263 e. The molecule has 0 radical (unpaired) electrons. The minimum atomic E-state index is -0.0206. The zero-order chi connectivity index (χ0) is 21.6. The van der Waals surface area contributed by atoms with Gasteiger partial charge in [0.1, 0.15) is 4.88 Å². The highest BCUT2D eigenvalue weighted by atomic mass is 32.1. The number of para-hydroxylation sites is 1. The summed E-state index contributed by atoms with van der Waals surface area (Å²) in [5.41, 5.74) is 2.16. The van der Waals surface area contributed by atoms with Gasteiger partial charge in [0, 0.05) is 43.8 Å². The monoisotopic (exact) mass is 437 g/mol. The van der Waals surface area contributed by atoms with Crippen LogP contribution in [0.25, 0.3) is 10.9 Å². The molecular weight excluding hydrogens is 406 g/mol. The molecule has 1 fully saturated rings. The number of amides is 1. The fraction of sp³-hybridized carbons (Fsp3) is 0.458. The third-order valence-corrected chi connectivity index (χ3v) is 6.92. The van der Waals surface area contributed by atoms with Gasteiger partial charge in [0.15, 0.2) is 5.13 Å². The van der Waals surface area contributed by atoms with E-state index in [4.69, 9.17) is 0 Å². The molecule has 0 bridgehead atoms. The van der Waals surface area contributed by atoms with Gasteiger partial charge in [-0.3, -0.25) is 9.78 Å². The van der Waals surface area contributed by atoms with Crippen molar-refractivity contribution in [3.8, 4) is 0 Å². The fourth-order valence-corrected chi connectivity index (χ4v) is 4.83. The average Bonchev–Trinajstić information content (AvgIpc) is 3.28. The lowest BCUT2D eigenvalue weighted by atomic mass is 10.0. The Hall–Kier alpha value is -2.51. The molecule has 1 N–H and O–H groups in total. The van der Waals surface area contributed by atoms with Crippen LogP contribution in [0.2, 0.25) is 0 Å². The van der Waals surface area contributed by atoms with Gasteiger partial charge in [-0.25, -0.2) is 4.98 Å². The number of nitrogens with one attached hydrogen (secondary N) is 1. The topological polar surface area (TPSA) is 61.4 Å². The zero-order valence-corrected chi connectivity index (χ0v) is 19.2. The Morgan fingerprint density at radius 1 is 1.16 bits per heavy atom. The second-order valence-corrected chi connectivity index (χ2v) is 9.36. The number of thiazole rings is 1. The van der Waals surface area contributed by atoms with Gasteiger partial charge >= 0.3 is 0 Å². The van der Waals surface area contributed by atoms with Gasteiger partial charge in [-0.05, 0) is 37.6 Å². The normalized spacial score (nSPS) is 15.9. The summed E-state index contributed by atoms with van der Waals surface area (Å²) >= 11 is 1.49. The molecule has 1 amide bonds. The van der Waals surface area contributed by atoms with Crippen LogP contribution in [0.1, 0.15) is 41.4 Å². The average molecular weight is 438 g/mol. The van der Waals surface area contributed by atoms with E-state index in [1.54, 1.807) is 6.20 Å². The first-order chi connectivity index (χ1) is 15.1. The first-order valence-electron chi connectivity index (χ1n) is 11.2. The van der Waals surface area contributed by atoms with Crippen LogP contribution in [0, 0.1) is 0 Å². The Kier molecular flexibility index (Phi) is 7.14. The van der Waals surface area contributed by atoms with Crippen molar-refractivity contribution in [3.63, 3.8) is 0 Å². The van der Waals surface area contributed by atoms with Crippen molar-refractivity contribution in [3.05, 3.63) is 53.2 Å². The molecule has 1 aliphatic rings. The van der Waals surface area contributed by atoms with Crippen LogP contribution in [0.5, 0.6) is 0 Å². The van der Waals surface area contributed by atoms with E-state index in [9.17, 15) is 4.79 Å². The Morgan fingerprint density at radius 2 is 1.97 bits per heavy atom. The predicted molar refractivity (Wildman–Crippen MR) is 128 cm³/mol. The highest BCUT2D eigenvalue weighted by molar-refractivity contribution is 7.17. The standard InChI is InChI=1S/C24H31N5OS/c1-3-4-8-20(15-18-14-19-7-5-6-9-21(19)25-16-18)27-23(30)22-17-26-24(31-22)29-12-10-28(2)11-13-29/h5-7,9,14,16-17,20H,3-4,8,10-13,15H2,1-2H3,(H,27,30). The highest BCUT2D eigenvalue weighted by Gasteiger charge is 2.21. The molecule has 4 rings (SSSR count). The zero-order valence-electron chi connectivity index (χ0n) is 18.4. The quantitative estimate of drug-likeness (QED) is 0.578. The molecule has 3 aromatic rings. The van der Waals surface area contributed by atoms with E-state index in [2.05, 4.69) is 51.2 Å². The number of benzene rings is 1. The molecule has 1 saturated heterocycles. The third kappa shape index (κ3) is 5.60. The summed E-state index contributed by atoms with van der Waals surface area (Å²) in [5.74, 6) is -0.0206. The molecule has 7 heteroatoms. The van der Waals surface area contributed by atoms with E-state index in [0.29, 0.717) is 4.88 Å². The Labute approximate surface area is 188 Å². The van der Waals surface area contributed by atoms with Crippen molar-refractivity contribution in [1.29, 1.82) is 0 Å². The molecule has 2 aromatic heterocycles. The van der Waals surface area contributed by atoms with E-state index in [-0.39, 0.29) is 11.9 Å². The number of carbonyl (C=O) groups excluding carboxylic acids is 1. The number of unbranched alkanes of at least 4 members (excludes halogenated alkanes) is 1. The Bertz CT molecular complexity index is 1010. The van der Waals surface area contributed by atoms with Crippen LogP contribution >= 0.6 is 11.3 Å². The largest absolute Gasteiger partial charge is 0.348 e. The van der Waals surface area contributed by atoms with Crippen LogP contribution in [-0.4, -0.2) is 60.0 Å². The summed E-state index contributed by atoms with van der Waals surface area (Å²) in [6, 6.07) is 10.4. The molecule has 0 aliphatic carbocycles. The number of hydrogen-bond donors (Lipinski definition) is 1. The number of carbonyl (C=O) groups is 1. The van der Waals surface area contributed by atoms with Gasteiger partial charge in [-0.1, -0.05) is 49.3 Å². The molecule has 3 heterocycles. The summed E-state index contributed by atoms with van der Waals surface area (Å²) in [5, 5.41) is 5.35. The van der Waals surface area contributed by atoms with Crippen LogP contribution in [0.3, 0.4) is 0 Å². The number of likely N-dealkylation sites (N-methyl/N-ethyl adjacent to an activating group) is 1. The first-order valence-corrected chi connectivity index (χ1v) is 12.0. The highest BCUT2D eigenvalue weighted by Crippen LogP contribution is 2.24. The molecule has 6 nitrogen and oxygen atoms in total. The van der Waals surface area contributed by atoms with Gasteiger partial charge in [0.2, 0.25) is 0 Å². The van der Waals surface area contributed by atoms with Crippen LogP contribution in [0.4, 0.5) is 5.13 Å². The third-order valence-electron chi connectivity index (χ3n) is 5.86. The number of fused-ring (bicyclic) bond motifs is 1. The number of piperazine rings is 1. The molecule has 0 spiro atoms. The van der Waals surface area contributed by atoms with E-state index in [1.807, 2.05) is 24.4 Å². The number of pyridine rings is 1. The number of hydrogen-bond acceptors (Lipinski definition) is 6. The number of rotatable bonds is 8. The van der Waals surface area contributed by atoms with Crippen LogP contribution in [0.15, 0.2) is 42.7 Å². The summed E-state index contributed by atoms with van der Waals surface area (Å²) in [4.78, 5) is 27.4. The summed E-state index contributed by atoms with van der Waals surface area (Å²) < 4.78 is 0. The summed E-state index contributed by atoms with van der Waals surface area (Å²) in [6.45, 7) is 6.15. The molecule has 0 saturated carbocycles. The maximum absolute atomic E-state index is 13.0. The van der Waals surface area contributed by atoms with Gasteiger partial charge in [0.05, 0.1) is 11.7 Å². The van der Waals surface area contributed by atoms with E-state index in [1.165, 1.54) is 11.3 Å². The summed E-state index contributed by atoms with van der Waals surface area (Å²) in [7, 11) is 2.14. The molecular formula is C24H31N5OS. The fourth-order valence-electron chi connectivity index (χ4n) is 3.96. The molecule has 164 valence electrons. The van der Waals surface area contributed by atoms with Crippen molar-refractivity contribution in [2.45, 2.75) is 38.6 Å². The Balaban J connectivity index is 1.42. The molecule has 1 atom stereocenters. The Morgan fingerprint density at radius 3 is 2.77 bits per heavy atom. The molecule has 1 unspecified atom stereocenters. The maximum atomic E-state index is 13.0. The molecule has 1 aromatic carbocycles. The van der Waals surface area contributed by atoms with Gasteiger partial charge in [-0.2, -0.15) is 0 Å². The SMILES string of the molecule is CCCCC(Cc1cnc2ccccc2c1)NC(=O)c1cnc(N2CCN(C)CC2)s1. The lowest BCUT2D eigenvalue weighted by Gasteiger charge is -2.32. The van der Waals surface area contributed by atoms with Crippen molar-refractivity contribution in [2.75, 3.05) is 38.1 Å². The molecule has 31 heavy (non-hydrogen) atoms. The second-order valence-electron chi connectivity index (χ2n) is 8.35. The molecule has 1 aliphatic heterocycles. The van der Waals surface area contributed by atoms with E-state index in [0.717, 1.165) is 73.5 Å². The van der Waals surface area contributed by atoms with E-state index < -0.39 is 0 Å². The predicted octanol–water partition coefficient (Wildman–Crippen LogP) is 3.97. The van der Waals surface area contributed by atoms with Gasteiger partial charge in [-0.15, -0.1) is 0 Å². The second kappa shape index (κ2) is 10.2. The van der Waals surface area contributed by atoms with Crippen molar-refractivity contribution >= 4 is 33.3 Å². The number of anilines is 1. The van der Waals surface area contributed by atoms with Crippen molar-refractivity contribution < 1.29 is 4.79 Å². The van der Waals surface area contributed by atoms with E-state index >= 15 is 0 Å². The minimum absolute atomic E-state index is 0.0206. The number of nitrogens with zero attached hydrogens (tertiary/aromatic N) is 4. The lowest BCUT2D eigenvalue weighted by molar-refractivity contribution is 0.0938. The number of aromatic nitrogens is 2. The van der Waals surface area contributed by atoms with Gasteiger partial charge < -0.3 is 15.1 Å². The first kappa shape index (κ1) is 21.7. The summed E-state index contributed by atoms with van der Waals surface area (Å²) in [6.07, 6.45) is 7.60. The minimum Gasteiger partial charge on any atom is -0.348 e. The maximum Gasteiger partial charge on any atom is 0.263 e. The van der Waals surface area contributed by atoms with Crippen molar-refractivity contribution in [1.82, 2.24) is 20.2 Å². The lowest BCUT2D eigenvalue weighted by Crippen LogP contribution is -2.44. The van der Waals surface area contributed by atoms with Crippen molar-refractivity contribution in [2.24, 2.45) is 0 Å². The van der Waals surface area contributed by atoms with Crippen LogP contribution < -0.4 is 10.2 Å². The van der Waals surface area contributed by atoms with Crippen LogP contribution in [-0.2, 0) is 6.42 Å². The van der Waals surface area contributed by atoms with Gasteiger partial charge in [0.25, 0.3) is 5.91 Å².